The molecule has 117 valence electrons. The highest BCUT2D eigenvalue weighted by Gasteiger charge is 2.31. The zero-order valence-corrected chi connectivity index (χ0v) is 12.8. The molecule has 0 aromatic heterocycles. The van der Waals surface area contributed by atoms with Crippen LogP contribution in [-0.2, 0) is 6.18 Å². The summed E-state index contributed by atoms with van der Waals surface area (Å²) < 4.78 is 38.2. The fourth-order valence-electron chi connectivity index (χ4n) is 2.64. The van der Waals surface area contributed by atoms with E-state index in [9.17, 15) is 13.2 Å². The number of nitrogens with zero attached hydrogens (tertiary/aromatic N) is 2. The molecule has 1 saturated heterocycles. The molecule has 1 radical (unpaired) electrons. The number of benzene rings is 1. The zero-order valence-electron chi connectivity index (χ0n) is 12.8. The van der Waals surface area contributed by atoms with Gasteiger partial charge in [-0.3, -0.25) is 4.90 Å². The van der Waals surface area contributed by atoms with Gasteiger partial charge in [-0.15, -0.1) is 0 Å². The predicted molar refractivity (Wildman–Crippen MR) is 78.4 cm³/mol. The van der Waals surface area contributed by atoms with Crippen molar-refractivity contribution in [2.24, 2.45) is 5.41 Å². The number of hydrogen-bond donors (Lipinski definition) is 0. The topological polar surface area (TPSA) is 6.48 Å². The van der Waals surface area contributed by atoms with E-state index in [0.29, 0.717) is 5.69 Å². The van der Waals surface area contributed by atoms with E-state index >= 15 is 0 Å². The van der Waals surface area contributed by atoms with Crippen molar-refractivity contribution in [1.82, 2.24) is 4.90 Å². The summed E-state index contributed by atoms with van der Waals surface area (Å²) in [6.07, 6.45) is -4.30. The average Bonchev–Trinajstić information content (AvgIpc) is 2.37. The molecule has 21 heavy (non-hydrogen) atoms. The Bertz CT molecular complexity index is 469. The van der Waals surface area contributed by atoms with Gasteiger partial charge in [0, 0.05) is 38.4 Å². The maximum atomic E-state index is 12.7. The quantitative estimate of drug-likeness (QED) is 0.822. The lowest BCUT2D eigenvalue weighted by Gasteiger charge is -2.39. The molecule has 1 aliphatic rings. The lowest BCUT2D eigenvalue weighted by Crippen LogP contribution is -2.48. The molecule has 0 bridgehead atoms. The second-order valence-corrected chi connectivity index (χ2v) is 6.80. The summed E-state index contributed by atoms with van der Waals surface area (Å²) in [5.74, 6) is 0. The maximum Gasteiger partial charge on any atom is 0.416 e. The molecule has 0 N–H and O–H groups in total. The highest BCUT2D eigenvalue weighted by atomic mass is 19.4. The fraction of sp³-hybridized carbons (Fsp3) is 0.625. The monoisotopic (exact) mass is 299 g/mol. The SMILES string of the molecule is CC(C)(C)CN1CCN(c2c[c]cc(C(F)(F)F)c2)CC1. The summed E-state index contributed by atoms with van der Waals surface area (Å²) in [6, 6.07) is 6.46. The van der Waals surface area contributed by atoms with Crippen molar-refractivity contribution in [2.45, 2.75) is 26.9 Å². The van der Waals surface area contributed by atoms with Crippen molar-refractivity contribution in [2.75, 3.05) is 37.6 Å². The summed E-state index contributed by atoms with van der Waals surface area (Å²) in [5.41, 5.74) is 0.226. The van der Waals surface area contributed by atoms with E-state index in [-0.39, 0.29) is 5.41 Å². The van der Waals surface area contributed by atoms with Crippen molar-refractivity contribution >= 4 is 5.69 Å². The van der Waals surface area contributed by atoms with Gasteiger partial charge in [-0.1, -0.05) is 20.8 Å². The molecule has 1 aromatic rings. The average molecular weight is 299 g/mol. The molecule has 0 atom stereocenters. The van der Waals surface area contributed by atoms with Crippen molar-refractivity contribution in [3.05, 3.63) is 29.8 Å². The molecule has 1 aromatic carbocycles. The predicted octanol–water partition coefficient (Wildman–Crippen LogP) is 3.67. The van der Waals surface area contributed by atoms with E-state index in [1.54, 1.807) is 6.07 Å². The lowest BCUT2D eigenvalue weighted by atomic mass is 9.96. The minimum absolute atomic E-state index is 0.242. The van der Waals surface area contributed by atoms with Gasteiger partial charge in [0.2, 0.25) is 0 Å². The van der Waals surface area contributed by atoms with Crippen molar-refractivity contribution in [1.29, 1.82) is 0 Å². The zero-order chi connectivity index (χ0) is 15.7. The number of anilines is 1. The molecule has 0 aliphatic carbocycles. The Morgan fingerprint density at radius 2 is 1.67 bits per heavy atom. The van der Waals surface area contributed by atoms with Crippen LogP contribution in [0.4, 0.5) is 18.9 Å². The number of alkyl halides is 3. The lowest BCUT2D eigenvalue weighted by molar-refractivity contribution is -0.137. The van der Waals surface area contributed by atoms with Gasteiger partial charge in [-0.05, 0) is 29.7 Å². The Labute approximate surface area is 124 Å². The third-order valence-electron chi connectivity index (χ3n) is 3.54. The summed E-state index contributed by atoms with van der Waals surface area (Å²) in [4.78, 5) is 4.37. The maximum absolute atomic E-state index is 12.7. The van der Waals surface area contributed by atoms with Gasteiger partial charge >= 0.3 is 6.18 Å². The fourth-order valence-corrected chi connectivity index (χ4v) is 2.64. The number of halogens is 3. The van der Waals surface area contributed by atoms with Gasteiger partial charge in [0.05, 0.1) is 5.56 Å². The van der Waals surface area contributed by atoms with Crippen molar-refractivity contribution in [3.8, 4) is 0 Å². The number of rotatable bonds is 2. The molecule has 0 saturated carbocycles. The molecule has 0 spiro atoms. The summed E-state index contributed by atoms with van der Waals surface area (Å²) in [5, 5.41) is 0. The standard InChI is InChI=1S/C16H22F3N2/c1-15(2,3)12-20-7-9-21(10-8-20)14-6-4-5-13(11-14)16(17,18)19/h5-6,11H,7-10,12H2,1-3H3. The first kappa shape index (κ1) is 16.1. The smallest absolute Gasteiger partial charge is 0.369 e. The Balaban J connectivity index is 1.99. The summed E-state index contributed by atoms with van der Waals surface area (Å²) in [7, 11) is 0. The van der Waals surface area contributed by atoms with Gasteiger partial charge in [0.15, 0.2) is 0 Å². The number of hydrogen-bond acceptors (Lipinski definition) is 2. The highest BCUT2D eigenvalue weighted by molar-refractivity contribution is 5.49. The molecule has 1 heterocycles. The summed E-state index contributed by atoms with van der Waals surface area (Å²) >= 11 is 0. The highest BCUT2D eigenvalue weighted by Crippen LogP contribution is 2.31. The van der Waals surface area contributed by atoms with Gasteiger partial charge in [0.25, 0.3) is 0 Å². The molecule has 0 unspecified atom stereocenters. The third-order valence-corrected chi connectivity index (χ3v) is 3.54. The Hall–Kier alpha value is -1.23. The molecular formula is C16H22F3N2. The largest absolute Gasteiger partial charge is 0.416 e. The van der Waals surface area contributed by atoms with Crippen molar-refractivity contribution < 1.29 is 13.2 Å². The normalized spacial score (nSPS) is 18.1. The molecular weight excluding hydrogens is 277 g/mol. The van der Waals surface area contributed by atoms with E-state index in [4.69, 9.17) is 0 Å². The van der Waals surface area contributed by atoms with Crippen LogP contribution in [0.15, 0.2) is 18.2 Å². The molecule has 1 aliphatic heterocycles. The minimum atomic E-state index is -4.30. The van der Waals surface area contributed by atoms with E-state index in [0.717, 1.165) is 38.8 Å². The van der Waals surface area contributed by atoms with Gasteiger partial charge in [-0.25, -0.2) is 0 Å². The van der Waals surface area contributed by atoms with E-state index in [1.807, 2.05) is 4.90 Å². The molecule has 2 rings (SSSR count). The Morgan fingerprint density at radius 1 is 1.05 bits per heavy atom. The first-order valence-electron chi connectivity index (χ1n) is 7.21. The van der Waals surface area contributed by atoms with Crippen LogP contribution >= 0.6 is 0 Å². The molecule has 2 nitrogen and oxygen atoms in total. The second kappa shape index (κ2) is 5.87. The minimum Gasteiger partial charge on any atom is -0.369 e. The van der Waals surface area contributed by atoms with Crippen molar-refractivity contribution in [3.63, 3.8) is 0 Å². The first-order valence-corrected chi connectivity index (χ1v) is 7.21. The Kier molecular flexibility index (Phi) is 4.51. The van der Waals surface area contributed by atoms with Gasteiger partial charge in [0.1, 0.15) is 0 Å². The number of piperazine rings is 1. The third kappa shape index (κ3) is 4.63. The van der Waals surface area contributed by atoms with Crippen LogP contribution in [0.5, 0.6) is 0 Å². The van der Waals surface area contributed by atoms with Crippen LogP contribution < -0.4 is 4.90 Å². The van der Waals surface area contributed by atoms with E-state index < -0.39 is 11.7 Å². The van der Waals surface area contributed by atoms with E-state index in [2.05, 4.69) is 31.7 Å². The van der Waals surface area contributed by atoms with Gasteiger partial charge < -0.3 is 4.90 Å². The van der Waals surface area contributed by atoms with Crippen LogP contribution in [0.1, 0.15) is 26.3 Å². The summed E-state index contributed by atoms with van der Waals surface area (Å²) in [6.45, 7) is 10.9. The van der Waals surface area contributed by atoms with Crippen LogP contribution in [0.3, 0.4) is 0 Å². The Morgan fingerprint density at radius 3 is 2.19 bits per heavy atom. The molecule has 0 amide bonds. The second-order valence-electron chi connectivity index (χ2n) is 6.80. The van der Waals surface area contributed by atoms with Crippen LogP contribution in [0, 0.1) is 11.5 Å². The van der Waals surface area contributed by atoms with E-state index in [1.165, 1.54) is 6.07 Å². The first-order chi connectivity index (χ1) is 9.65. The van der Waals surface area contributed by atoms with Gasteiger partial charge in [-0.2, -0.15) is 13.2 Å². The van der Waals surface area contributed by atoms with Crippen LogP contribution in [-0.4, -0.2) is 37.6 Å². The van der Waals surface area contributed by atoms with Crippen LogP contribution in [0.2, 0.25) is 0 Å². The van der Waals surface area contributed by atoms with Crippen LogP contribution in [0.25, 0.3) is 0 Å². The molecule has 1 fully saturated rings. The molecule has 5 heteroatoms.